The lowest BCUT2D eigenvalue weighted by molar-refractivity contribution is 0.306. The van der Waals surface area contributed by atoms with Crippen LogP contribution in [0.1, 0.15) is 43.2 Å². The molecular formula is C15H23N. The van der Waals surface area contributed by atoms with E-state index >= 15 is 0 Å². The van der Waals surface area contributed by atoms with Gasteiger partial charge in [0.25, 0.3) is 0 Å². The Hall–Kier alpha value is -0.820. The molecule has 0 spiro atoms. The first-order valence-corrected chi connectivity index (χ1v) is 6.59. The predicted molar refractivity (Wildman–Crippen MR) is 69.8 cm³/mol. The van der Waals surface area contributed by atoms with Crippen molar-refractivity contribution in [3.05, 3.63) is 35.4 Å². The van der Waals surface area contributed by atoms with Crippen molar-refractivity contribution in [2.24, 2.45) is 5.92 Å². The van der Waals surface area contributed by atoms with Crippen LogP contribution in [0, 0.1) is 12.8 Å². The predicted octanol–water partition coefficient (Wildman–Crippen LogP) is 3.49. The summed E-state index contributed by atoms with van der Waals surface area (Å²) in [6.45, 7) is 6.93. The van der Waals surface area contributed by atoms with Gasteiger partial charge in [0.2, 0.25) is 0 Å². The summed E-state index contributed by atoms with van der Waals surface area (Å²) in [5, 5.41) is 3.54. The van der Waals surface area contributed by atoms with Crippen molar-refractivity contribution in [3.8, 4) is 0 Å². The van der Waals surface area contributed by atoms with E-state index in [1.165, 1.54) is 37.9 Å². The zero-order chi connectivity index (χ0) is 11.4. The fourth-order valence-corrected chi connectivity index (χ4v) is 3.01. The summed E-state index contributed by atoms with van der Waals surface area (Å²) in [5.41, 5.74) is 3.05. The molecule has 88 valence electrons. The summed E-state index contributed by atoms with van der Waals surface area (Å²) in [5.74, 6) is 1.61. The maximum absolute atomic E-state index is 3.54. The molecule has 1 nitrogen and oxygen atoms in total. The average Bonchev–Trinajstić information content (AvgIpc) is 2.31. The Labute approximate surface area is 99.3 Å². The summed E-state index contributed by atoms with van der Waals surface area (Å²) >= 11 is 0. The van der Waals surface area contributed by atoms with Gasteiger partial charge >= 0.3 is 0 Å². The summed E-state index contributed by atoms with van der Waals surface area (Å²) in [6.07, 6.45) is 3.95. The maximum Gasteiger partial charge on any atom is -0.00147 e. The smallest absolute Gasteiger partial charge is 0.00147 e. The zero-order valence-corrected chi connectivity index (χ0v) is 10.5. The van der Waals surface area contributed by atoms with Gasteiger partial charge in [-0.25, -0.2) is 0 Å². The van der Waals surface area contributed by atoms with Crippen LogP contribution in [0.5, 0.6) is 0 Å². The Morgan fingerprint density at radius 1 is 1.31 bits per heavy atom. The maximum atomic E-state index is 3.54. The molecule has 1 heteroatoms. The standard InChI is InChI=1S/C15H23N/c1-3-6-13-11-16-10-9-15(13)14-8-5-4-7-12(14)2/h4-5,7-8,13,15-16H,3,6,9-11H2,1-2H3. The fraction of sp³-hybridized carbons (Fsp3) is 0.600. The van der Waals surface area contributed by atoms with E-state index in [4.69, 9.17) is 0 Å². The first kappa shape index (κ1) is 11.7. The molecule has 0 amide bonds. The van der Waals surface area contributed by atoms with Crippen molar-refractivity contribution in [2.75, 3.05) is 13.1 Å². The molecule has 0 radical (unpaired) electrons. The van der Waals surface area contributed by atoms with E-state index in [0.717, 1.165) is 11.8 Å². The SMILES string of the molecule is CCCC1CNCCC1c1ccccc1C. The number of benzene rings is 1. The van der Waals surface area contributed by atoms with Crippen LogP contribution in [-0.2, 0) is 0 Å². The molecule has 2 rings (SSSR count). The van der Waals surface area contributed by atoms with Gasteiger partial charge in [0.1, 0.15) is 0 Å². The highest BCUT2D eigenvalue weighted by atomic mass is 14.9. The second kappa shape index (κ2) is 5.49. The monoisotopic (exact) mass is 217 g/mol. The largest absolute Gasteiger partial charge is 0.316 e. The molecule has 0 aliphatic carbocycles. The van der Waals surface area contributed by atoms with Gasteiger partial charge in [0, 0.05) is 0 Å². The van der Waals surface area contributed by atoms with Gasteiger partial charge in [0.05, 0.1) is 0 Å². The van der Waals surface area contributed by atoms with Gasteiger partial charge in [-0.1, -0.05) is 37.6 Å². The van der Waals surface area contributed by atoms with Crippen molar-refractivity contribution < 1.29 is 0 Å². The van der Waals surface area contributed by atoms with Gasteiger partial charge in [-0.2, -0.15) is 0 Å². The number of hydrogen-bond acceptors (Lipinski definition) is 1. The highest BCUT2D eigenvalue weighted by Crippen LogP contribution is 2.34. The van der Waals surface area contributed by atoms with E-state index in [9.17, 15) is 0 Å². The molecule has 2 unspecified atom stereocenters. The normalized spacial score (nSPS) is 25.6. The molecular weight excluding hydrogens is 194 g/mol. The molecule has 1 heterocycles. The molecule has 1 N–H and O–H groups in total. The molecule has 0 aromatic heterocycles. The van der Waals surface area contributed by atoms with Crippen LogP contribution >= 0.6 is 0 Å². The lowest BCUT2D eigenvalue weighted by atomic mass is 9.77. The molecule has 1 aromatic carbocycles. The minimum absolute atomic E-state index is 0.780. The molecule has 0 bridgehead atoms. The lowest BCUT2D eigenvalue weighted by Gasteiger charge is -2.33. The molecule has 1 fully saturated rings. The highest BCUT2D eigenvalue weighted by molar-refractivity contribution is 5.30. The summed E-state index contributed by atoms with van der Waals surface area (Å²) in [7, 11) is 0. The third kappa shape index (κ3) is 2.46. The van der Waals surface area contributed by atoms with Crippen molar-refractivity contribution >= 4 is 0 Å². The number of aryl methyl sites for hydroxylation is 1. The third-order valence-electron chi connectivity index (χ3n) is 3.86. The first-order chi connectivity index (χ1) is 7.83. The van der Waals surface area contributed by atoms with Crippen LogP contribution in [0.15, 0.2) is 24.3 Å². The topological polar surface area (TPSA) is 12.0 Å². The van der Waals surface area contributed by atoms with E-state index in [2.05, 4.69) is 43.4 Å². The fourth-order valence-electron chi connectivity index (χ4n) is 3.01. The third-order valence-corrected chi connectivity index (χ3v) is 3.86. The van der Waals surface area contributed by atoms with Crippen molar-refractivity contribution in [1.29, 1.82) is 0 Å². The molecule has 0 saturated carbocycles. The van der Waals surface area contributed by atoms with E-state index in [0.29, 0.717) is 0 Å². The van der Waals surface area contributed by atoms with Crippen LogP contribution < -0.4 is 5.32 Å². The number of rotatable bonds is 3. The van der Waals surface area contributed by atoms with Crippen LogP contribution in [0.25, 0.3) is 0 Å². The molecule has 1 aromatic rings. The van der Waals surface area contributed by atoms with Gasteiger partial charge in [0.15, 0.2) is 0 Å². The second-order valence-electron chi connectivity index (χ2n) is 5.00. The van der Waals surface area contributed by atoms with E-state index in [1.807, 2.05) is 0 Å². The number of hydrogen-bond donors (Lipinski definition) is 1. The zero-order valence-electron chi connectivity index (χ0n) is 10.5. The van der Waals surface area contributed by atoms with Crippen LogP contribution in [0.3, 0.4) is 0 Å². The molecule has 16 heavy (non-hydrogen) atoms. The second-order valence-corrected chi connectivity index (χ2v) is 5.00. The average molecular weight is 217 g/mol. The highest BCUT2D eigenvalue weighted by Gasteiger charge is 2.26. The minimum Gasteiger partial charge on any atom is -0.316 e. The first-order valence-electron chi connectivity index (χ1n) is 6.59. The Balaban J connectivity index is 2.19. The molecule has 1 saturated heterocycles. The number of piperidine rings is 1. The molecule has 1 aliphatic heterocycles. The number of nitrogens with one attached hydrogen (secondary N) is 1. The van der Waals surface area contributed by atoms with Gasteiger partial charge in [-0.05, 0) is 55.8 Å². The lowest BCUT2D eigenvalue weighted by Crippen LogP contribution is -2.35. The summed E-state index contributed by atoms with van der Waals surface area (Å²) < 4.78 is 0. The van der Waals surface area contributed by atoms with E-state index in [-0.39, 0.29) is 0 Å². The minimum atomic E-state index is 0.780. The van der Waals surface area contributed by atoms with Gasteiger partial charge in [-0.3, -0.25) is 0 Å². The molecule has 2 atom stereocenters. The van der Waals surface area contributed by atoms with Crippen LogP contribution in [-0.4, -0.2) is 13.1 Å². The van der Waals surface area contributed by atoms with E-state index < -0.39 is 0 Å². The Bertz CT molecular complexity index is 330. The van der Waals surface area contributed by atoms with Crippen molar-refractivity contribution in [2.45, 2.75) is 39.0 Å². The summed E-state index contributed by atoms with van der Waals surface area (Å²) in [4.78, 5) is 0. The van der Waals surface area contributed by atoms with E-state index in [1.54, 1.807) is 5.56 Å². The van der Waals surface area contributed by atoms with Gasteiger partial charge < -0.3 is 5.32 Å². The molecule has 1 aliphatic rings. The van der Waals surface area contributed by atoms with Gasteiger partial charge in [-0.15, -0.1) is 0 Å². The van der Waals surface area contributed by atoms with Crippen molar-refractivity contribution in [3.63, 3.8) is 0 Å². The Morgan fingerprint density at radius 2 is 2.12 bits per heavy atom. The van der Waals surface area contributed by atoms with Crippen molar-refractivity contribution in [1.82, 2.24) is 5.32 Å². The van der Waals surface area contributed by atoms with Crippen LogP contribution in [0.2, 0.25) is 0 Å². The van der Waals surface area contributed by atoms with Crippen LogP contribution in [0.4, 0.5) is 0 Å². The Morgan fingerprint density at radius 3 is 2.88 bits per heavy atom. The Kier molecular flexibility index (Phi) is 4.00. The quantitative estimate of drug-likeness (QED) is 0.817. The summed E-state index contributed by atoms with van der Waals surface area (Å²) in [6, 6.07) is 8.91.